The van der Waals surface area contributed by atoms with Gasteiger partial charge in [0.05, 0.1) is 19.6 Å². The standard InChI is InChI=1S/C21H28N4O6S/c1-14-20(15(2)31-24-14)32(28,29)25-10-4-5-17(13-25)21(27)23-12-19(26)22-11-16-6-8-18(30-3)9-7-16/h6-9,17H,4-5,10-13H2,1-3H3,(H,22,26)(H,23,27). The van der Waals surface area contributed by atoms with Crippen LogP contribution in [0, 0.1) is 19.8 Å². The highest BCUT2D eigenvalue weighted by molar-refractivity contribution is 7.89. The first-order valence-electron chi connectivity index (χ1n) is 10.3. The largest absolute Gasteiger partial charge is 0.497 e. The lowest BCUT2D eigenvalue weighted by Gasteiger charge is -2.31. The fourth-order valence-electron chi connectivity index (χ4n) is 3.66. The van der Waals surface area contributed by atoms with Gasteiger partial charge in [-0.05, 0) is 44.4 Å². The number of ether oxygens (including phenoxy) is 1. The van der Waals surface area contributed by atoms with E-state index in [0.29, 0.717) is 31.6 Å². The van der Waals surface area contributed by atoms with Gasteiger partial charge in [-0.25, -0.2) is 8.42 Å². The number of benzene rings is 1. The molecule has 32 heavy (non-hydrogen) atoms. The molecule has 1 atom stereocenters. The van der Waals surface area contributed by atoms with Crippen LogP contribution in [-0.4, -0.2) is 56.4 Å². The predicted octanol–water partition coefficient (Wildman–Crippen LogP) is 1.13. The Morgan fingerprint density at radius 2 is 1.94 bits per heavy atom. The lowest BCUT2D eigenvalue weighted by atomic mass is 9.99. The summed E-state index contributed by atoms with van der Waals surface area (Å²) in [7, 11) is -2.23. The Morgan fingerprint density at radius 1 is 1.22 bits per heavy atom. The minimum atomic E-state index is -3.81. The monoisotopic (exact) mass is 464 g/mol. The summed E-state index contributed by atoms with van der Waals surface area (Å²) >= 11 is 0. The van der Waals surface area contributed by atoms with Crippen molar-refractivity contribution in [1.82, 2.24) is 20.1 Å². The SMILES string of the molecule is COc1ccc(CNC(=O)CNC(=O)C2CCCN(S(=O)(=O)c3c(C)noc3C)C2)cc1. The minimum Gasteiger partial charge on any atom is -0.497 e. The van der Waals surface area contributed by atoms with E-state index in [1.54, 1.807) is 33.1 Å². The second-order valence-corrected chi connectivity index (χ2v) is 9.57. The van der Waals surface area contributed by atoms with Gasteiger partial charge in [-0.1, -0.05) is 17.3 Å². The van der Waals surface area contributed by atoms with Gasteiger partial charge in [0.15, 0.2) is 5.76 Å². The van der Waals surface area contributed by atoms with Crippen LogP contribution < -0.4 is 15.4 Å². The van der Waals surface area contributed by atoms with Gasteiger partial charge in [0.25, 0.3) is 0 Å². The average molecular weight is 465 g/mol. The van der Waals surface area contributed by atoms with Crippen LogP contribution >= 0.6 is 0 Å². The lowest BCUT2D eigenvalue weighted by Crippen LogP contribution is -2.47. The molecule has 174 valence electrons. The van der Waals surface area contributed by atoms with Crippen LogP contribution in [0.4, 0.5) is 0 Å². The number of methoxy groups -OCH3 is 1. The Bertz CT molecular complexity index is 1040. The molecule has 3 rings (SSSR count). The number of aromatic nitrogens is 1. The number of nitrogens with one attached hydrogen (secondary N) is 2. The Balaban J connectivity index is 1.51. The van der Waals surface area contributed by atoms with Gasteiger partial charge < -0.3 is 19.9 Å². The van der Waals surface area contributed by atoms with Gasteiger partial charge in [0, 0.05) is 19.6 Å². The van der Waals surface area contributed by atoms with E-state index in [-0.39, 0.29) is 35.6 Å². The quantitative estimate of drug-likeness (QED) is 0.599. The van der Waals surface area contributed by atoms with Crippen molar-refractivity contribution in [1.29, 1.82) is 0 Å². The first kappa shape index (κ1) is 23.7. The fraction of sp³-hybridized carbons (Fsp3) is 0.476. The van der Waals surface area contributed by atoms with Crippen molar-refractivity contribution >= 4 is 21.8 Å². The molecule has 2 aromatic rings. The van der Waals surface area contributed by atoms with Crippen LogP contribution in [0.5, 0.6) is 5.75 Å². The zero-order valence-corrected chi connectivity index (χ0v) is 19.2. The maximum atomic E-state index is 13.0. The zero-order valence-electron chi connectivity index (χ0n) is 18.4. The third-order valence-corrected chi connectivity index (χ3v) is 7.50. The molecule has 10 nitrogen and oxygen atoms in total. The van der Waals surface area contributed by atoms with Crippen LogP contribution in [0.3, 0.4) is 0 Å². The molecule has 1 saturated heterocycles. The molecule has 11 heteroatoms. The average Bonchev–Trinajstić information content (AvgIpc) is 3.15. The van der Waals surface area contributed by atoms with Crippen LogP contribution in [0.1, 0.15) is 29.9 Å². The number of piperidine rings is 1. The molecule has 1 fully saturated rings. The van der Waals surface area contributed by atoms with Crippen molar-refractivity contribution in [3.8, 4) is 5.75 Å². The molecule has 0 aliphatic carbocycles. The maximum absolute atomic E-state index is 13.0. The van der Waals surface area contributed by atoms with Crippen molar-refractivity contribution in [2.45, 2.75) is 38.1 Å². The first-order valence-corrected chi connectivity index (χ1v) is 11.8. The number of sulfonamides is 1. The molecule has 0 radical (unpaired) electrons. The Labute approximate surface area is 187 Å². The topological polar surface area (TPSA) is 131 Å². The van der Waals surface area contributed by atoms with Crippen molar-refractivity contribution in [3.63, 3.8) is 0 Å². The first-order chi connectivity index (χ1) is 15.2. The summed E-state index contributed by atoms with van der Waals surface area (Å²) in [6.07, 6.45) is 1.09. The maximum Gasteiger partial charge on any atom is 0.248 e. The lowest BCUT2D eigenvalue weighted by molar-refractivity contribution is -0.129. The highest BCUT2D eigenvalue weighted by Gasteiger charge is 2.36. The summed E-state index contributed by atoms with van der Waals surface area (Å²) in [6, 6.07) is 7.28. The number of carbonyl (C=O) groups excluding carboxylic acids is 2. The zero-order chi connectivity index (χ0) is 23.3. The van der Waals surface area contributed by atoms with E-state index in [1.807, 2.05) is 12.1 Å². The van der Waals surface area contributed by atoms with Crippen LogP contribution in [0.2, 0.25) is 0 Å². The second-order valence-electron chi connectivity index (χ2n) is 7.70. The number of hydrogen-bond acceptors (Lipinski definition) is 7. The third kappa shape index (κ3) is 5.46. The van der Waals surface area contributed by atoms with Gasteiger partial charge in [-0.3, -0.25) is 9.59 Å². The van der Waals surface area contributed by atoms with Gasteiger partial charge in [-0.2, -0.15) is 4.31 Å². The van der Waals surface area contributed by atoms with Crippen molar-refractivity contribution < 1.29 is 27.3 Å². The summed E-state index contributed by atoms with van der Waals surface area (Å²) in [5.74, 6) is -0.255. The highest BCUT2D eigenvalue weighted by Crippen LogP contribution is 2.27. The van der Waals surface area contributed by atoms with Gasteiger partial charge in [-0.15, -0.1) is 0 Å². The smallest absolute Gasteiger partial charge is 0.248 e. The molecule has 1 aliphatic heterocycles. The van der Waals surface area contributed by atoms with E-state index in [1.165, 1.54) is 4.31 Å². The van der Waals surface area contributed by atoms with Crippen molar-refractivity contribution in [2.75, 3.05) is 26.7 Å². The Hall–Kier alpha value is -2.92. The number of amides is 2. The Morgan fingerprint density at radius 3 is 2.56 bits per heavy atom. The summed E-state index contributed by atoms with van der Waals surface area (Å²) in [4.78, 5) is 24.7. The summed E-state index contributed by atoms with van der Waals surface area (Å²) in [5, 5.41) is 9.07. The molecule has 2 heterocycles. The number of aryl methyl sites for hydroxylation is 2. The van der Waals surface area contributed by atoms with Crippen molar-refractivity contribution in [2.24, 2.45) is 5.92 Å². The van der Waals surface area contributed by atoms with Gasteiger partial charge >= 0.3 is 0 Å². The summed E-state index contributed by atoms with van der Waals surface area (Å²) in [5.41, 5.74) is 1.19. The van der Waals surface area contributed by atoms with Crippen LogP contribution in [-0.2, 0) is 26.2 Å². The predicted molar refractivity (Wildman–Crippen MR) is 115 cm³/mol. The number of carbonyl (C=O) groups is 2. The molecule has 1 aromatic heterocycles. The van der Waals surface area contributed by atoms with E-state index in [9.17, 15) is 18.0 Å². The number of hydrogen-bond donors (Lipinski definition) is 2. The van der Waals surface area contributed by atoms with Gasteiger partial charge in [0.2, 0.25) is 21.8 Å². The third-order valence-electron chi connectivity index (χ3n) is 5.39. The van der Waals surface area contributed by atoms with E-state index >= 15 is 0 Å². The van der Waals surface area contributed by atoms with E-state index in [4.69, 9.17) is 9.26 Å². The molecular weight excluding hydrogens is 436 g/mol. The molecular formula is C21H28N4O6S. The van der Waals surface area contributed by atoms with E-state index in [0.717, 1.165) is 11.3 Å². The molecule has 2 N–H and O–H groups in total. The second kappa shape index (κ2) is 10.1. The molecule has 0 spiro atoms. The van der Waals surface area contributed by atoms with Crippen molar-refractivity contribution in [3.05, 3.63) is 41.3 Å². The minimum absolute atomic E-state index is 0.0473. The molecule has 0 bridgehead atoms. The molecule has 1 aliphatic rings. The van der Waals surface area contributed by atoms with E-state index in [2.05, 4.69) is 15.8 Å². The molecule has 1 aromatic carbocycles. The highest BCUT2D eigenvalue weighted by atomic mass is 32.2. The van der Waals surface area contributed by atoms with E-state index < -0.39 is 15.9 Å². The molecule has 0 saturated carbocycles. The molecule has 2 amide bonds. The van der Waals surface area contributed by atoms with Crippen LogP contribution in [0.15, 0.2) is 33.7 Å². The fourth-order valence-corrected chi connectivity index (χ4v) is 5.48. The normalized spacial score (nSPS) is 17.0. The number of rotatable bonds is 8. The summed E-state index contributed by atoms with van der Waals surface area (Å²) < 4.78 is 37.4. The Kier molecular flexibility index (Phi) is 7.52. The summed E-state index contributed by atoms with van der Waals surface area (Å²) in [6.45, 7) is 3.63. The van der Waals surface area contributed by atoms with Crippen LogP contribution in [0.25, 0.3) is 0 Å². The van der Waals surface area contributed by atoms with Gasteiger partial charge in [0.1, 0.15) is 16.3 Å². The number of nitrogens with zero attached hydrogens (tertiary/aromatic N) is 2. The molecule has 1 unspecified atom stereocenters.